The smallest absolute Gasteiger partial charge is 0.414 e. The summed E-state index contributed by atoms with van der Waals surface area (Å²) in [6.45, 7) is 1.81. The van der Waals surface area contributed by atoms with Crippen molar-refractivity contribution in [1.82, 2.24) is 10.3 Å². The van der Waals surface area contributed by atoms with Crippen LogP contribution in [-0.4, -0.2) is 40.8 Å². The van der Waals surface area contributed by atoms with Crippen molar-refractivity contribution in [3.8, 4) is 5.75 Å². The number of nitrogens with one attached hydrogen (secondary N) is 1. The van der Waals surface area contributed by atoms with Gasteiger partial charge in [0.25, 0.3) is 0 Å². The van der Waals surface area contributed by atoms with Crippen LogP contribution in [-0.2, 0) is 22.6 Å². The van der Waals surface area contributed by atoms with Gasteiger partial charge in [-0.1, -0.05) is 18.2 Å². The first-order valence-electron chi connectivity index (χ1n) is 7.22. The minimum absolute atomic E-state index is 0.873. The maximum atomic E-state index is 9.10. The largest absolute Gasteiger partial charge is 0.496 e. The van der Waals surface area contributed by atoms with Gasteiger partial charge in [-0.05, 0) is 42.3 Å². The van der Waals surface area contributed by atoms with Gasteiger partial charge in [0.2, 0.25) is 0 Å². The lowest BCUT2D eigenvalue weighted by atomic mass is 10.1. The van der Waals surface area contributed by atoms with Gasteiger partial charge in [0.05, 0.1) is 7.11 Å². The first kappa shape index (κ1) is 19.1. The number of benzene rings is 1. The molecule has 0 spiro atoms. The van der Waals surface area contributed by atoms with E-state index in [2.05, 4.69) is 16.4 Å². The fourth-order valence-electron chi connectivity index (χ4n) is 1.87. The van der Waals surface area contributed by atoms with E-state index in [4.69, 9.17) is 24.5 Å². The van der Waals surface area contributed by atoms with E-state index < -0.39 is 11.9 Å². The summed E-state index contributed by atoms with van der Waals surface area (Å²) in [5, 5.41) is 18.2. The molecule has 128 valence electrons. The second-order valence-electron chi connectivity index (χ2n) is 4.70. The number of hydrogen-bond acceptors (Lipinski definition) is 5. The zero-order chi connectivity index (χ0) is 17.8. The summed E-state index contributed by atoms with van der Waals surface area (Å²) >= 11 is 0. The van der Waals surface area contributed by atoms with Crippen LogP contribution in [0.2, 0.25) is 0 Å². The molecule has 1 aromatic carbocycles. The Bertz CT molecular complexity index is 634. The summed E-state index contributed by atoms with van der Waals surface area (Å²) in [6.07, 6.45) is 4.60. The molecule has 0 aliphatic rings. The van der Waals surface area contributed by atoms with Crippen LogP contribution in [0.25, 0.3) is 0 Å². The first-order chi connectivity index (χ1) is 11.5. The Kier molecular flexibility index (Phi) is 8.55. The van der Waals surface area contributed by atoms with Crippen LogP contribution in [0.3, 0.4) is 0 Å². The maximum Gasteiger partial charge on any atom is 0.414 e. The fraction of sp³-hybridized carbons (Fsp3) is 0.235. The van der Waals surface area contributed by atoms with Crippen molar-refractivity contribution in [3.63, 3.8) is 0 Å². The number of para-hydroxylation sites is 1. The van der Waals surface area contributed by atoms with Crippen molar-refractivity contribution in [2.24, 2.45) is 0 Å². The van der Waals surface area contributed by atoms with E-state index >= 15 is 0 Å². The molecule has 0 radical (unpaired) electrons. The molecule has 2 rings (SSSR count). The van der Waals surface area contributed by atoms with Crippen molar-refractivity contribution >= 4 is 11.9 Å². The molecule has 1 heterocycles. The van der Waals surface area contributed by atoms with Crippen molar-refractivity contribution in [2.45, 2.75) is 13.0 Å². The summed E-state index contributed by atoms with van der Waals surface area (Å²) in [6, 6.07) is 12.2. The SMILES string of the molecule is COc1ccccc1CCNCc1ccncc1.O=C(O)C(=O)O. The number of ether oxygens (including phenoxy) is 1. The minimum Gasteiger partial charge on any atom is -0.496 e. The molecule has 0 fully saturated rings. The van der Waals surface area contributed by atoms with Crippen LogP contribution < -0.4 is 10.1 Å². The van der Waals surface area contributed by atoms with E-state index in [0.29, 0.717) is 0 Å². The third kappa shape index (κ3) is 7.37. The molecule has 3 N–H and O–H groups in total. The van der Waals surface area contributed by atoms with Gasteiger partial charge in [-0.25, -0.2) is 9.59 Å². The van der Waals surface area contributed by atoms with Gasteiger partial charge >= 0.3 is 11.9 Å². The average molecular weight is 332 g/mol. The second kappa shape index (κ2) is 10.7. The summed E-state index contributed by atoms with van der Waals surface area (Å²) < 4.78 is 5.32. The number of nitrogens with zero attached hydrogens (tertiary/aromatic N) is 1. The Labute approximate surface area is 139 Å². The molecule has 0 bridgehead atoms. The van der Waals surface area contributed by atoms with Crippen molar-refractivity contribution in [2.75, 3.05) is 13.7 Å². The van der Waals surface area contributed by atoms with Gasteiger partial charge in [-0.3, -0.25) is 4.98 Å². The van der Waals surface area contributed by atoms with Gasteiger partial charge in [-0.15, -0.1) is 0 Å². The lowest BCUT2D eigenvalue weighted by molar-refractivity contribution is -0.159. The van der Waals surface area contributed by atoms with E-state index in [1.165, 1.54) is 11.1 Å². The number of aromatic nitrogens is 1. The number of aliphatic carboxylic acids is 2. The van der Waals surface area contributed by atoms with Gasteiger partial charge < -0.3 is 20.3 Å². The molecule has 0 amide bonds. The van der Waals surface area contributed by atoms with E-state index in [-0.39, 0.29) is 0 Å². The number of pyridine rings is 1. The highest BCUT2D eigenvalue weighted by atomic mass is 16.5. The topological polar surface area (TPSA) is 109 Å². The molecular formula is C17H20N2O5. The average Bonchev–Trinajstić information content (AvgIpc) is 2.60. The van der Waals surface area contributed by atoms with Crippen LogP contribution in [0.1, 0.15) is 11.1 Å². The van der Waals surface area contributed by atoms with E-state index in [0.717, 1.165) is 25.3 Å². The van der Waals surface area contributed by atoms with Crippen LogP contribution in [0.15, 0.2) is 48.8 Å². The number of methoxy groups -OCH3 is 1. The minimum atomic E-state index is -1.82. The third-order valence-electron chi connectivity index (χ3n) is 3.03. The summed E-state index contributed by atoms with van der Waals surface area (Å²) in [5.41, 5.74) is 2.49. The molecule has 0 aliphatic heterocycles. The number of carboxylic acid groups (broad SMARTS) is 2. The van der Waals surface area contributed by atoms with Crippen molar-refractivity contribution in [1.29, 1.82) is 0 Å². The second-order valence-corrected chi connectivity index (χ2v) is 4.70. The third-order valence-corrected chi connectivity index (χ3v) is 3.03. The lowest BCUT2D eigenvalue weighted by Crippen LogP contribution is -2.16. The molecule has 24 heavy (non-hydrogen) atoms. The fourth-order valence-corrected chi connectivity index (χ4v) is 1.87. The zero-order valence-corrected chi connectivity index (χ0v) is 13.3. The van der Waals surface area contributed by atoms with Gasteiger partial charge in [0, 0.05) is 18.9 Å². The van der Waals surface area contributed by atoms with E-state index in [1.807, 2.05) is 42.7 Å². The Morgan fingerprint density at radius 1 is 1.08 bits per heavy atom. The van der Waals surface area contributed by atoms with Crippen molar-refractivity contribution < 1.29 is 24.5 Å². The Hall–Kier alpha value is -2.93. The molecule has 0 saturated heterocycles. The molecule has 7 nitrogen and oxygen atoms in total. The Morgan fingerprint density at radius 3 is 2.29 bits per heavy atom. The van der Waals surface area contributed by atoms with Crippen LogP contribution >= 0.6 is 0 Å². The number of carboxylic acids is 2. The monoisotopic (exact) mass is 332 g/mol. The highest BCUT2D eigenvalue weighted by molar-refractivity contribution is 6.27. The zero-order valence-electron chi connectivity index (χ0n) is 13.3. The first-order valence-corrected chi connectivity index (χ1v) is 7.22. The predicted molar refractivity (Wildman–Crippen MR) is 87.9 cm³/mol. The standard InChI is InChI=1S/C15H18N2O.C2H2O4/c1-18-15-5-3-2-4-14(15)8-11-17-12-13-6-9-16-10-7-13;3-1(4)2(5)6/h2-7,9-10,17H,8,11-12H2,1H3;(H,3,4)(H,5,6). The quantitative estimate of drug-likeness (QED) is 0.544. The van der Waals surface area contributed by atoms with Crippen molar-refractivity contribution in [3.05, 3.63) is 59.9 Å². The summed E-state index contributed by atoms with van der Waals surface area (Å²) in [5.74, 6) is -2.69. The van der Waals surface area contributed by atoms with Gasteiger partial charge in [0.15, 0.2) is 0 Å². The summed E-state index contributed by atoms with van der Waals surface area (Å²) in [7, 11) is 1.71. The van der Waals surface area contributed by atoms with E-state index in [1.54, 1.807) is 7.11 Å². The van der Waals surface area contributed by atoms with E-state index in [9.17, 15) is 0 Å². The van der Waals surface area contributed by atoms with Crippen LogP contribution in [0.4, 0.5) is 0 Å². The Balaban J connectivity index is 0.000000413. The number of carbonyl (C=O) groups is 2. The number of rotatable bonds is 6. The molecular weight excluding hydrogens is 312 g/mol. The molecule has 0 unspecified atom stereocenters. The molecule has 0 aliphatic carbocycles. The highest BCUT2D eigenvalue weighted by Gasteiger charge is 2.04. The highest BCUT2D eigenvalue weighted by Crippen LogP contribution is 2.17. The molecule has 1 aromatic heterocycles. The van der Waals surface area contributed by atoms with Gasteiger partial charge in [-0.2, -0.15) is 0 Å². The normalized spacial score (nSPS) is 9.54. The Morgan fingerprint density at radius 2 is 1.71 bits per heavy atom. The molecule has 2 aromatic rings. The summed E-state index contributed by atoms with van der Waals surface area (Å²) in [4.78, 5) is 22.2. The lowest BCUT2D eigenvalue weighted by Gasteiger charge is -2.08. The maximum absolute atomic E-state index is 9.10. The molecule has 0 saturated carbocycles. The molecule has 7 heteroatoms. The van der Waals surface area contributed by atoms with Crippen LogP contribution in [0.5, 0.6) is 5.75 Å². The molecule has 0 atom stereocenters. The van der Waals surface area contributed by atoms with Crippen LogP contribution in [0, 0.1) is 0 Å². The number of hydrogen-bond donors (Lipinski definition) is 3. The predicted octanol–water partition coefficient (Wildman–Crippen LogP) is 1.58. The van der Waals surface area contributed by atoms with Gasteiger partial charge in [0.1, 0.15) is 5.75 Å².